The highest BCUT2D eigenvalue weighted by atomic mass is 79.9. The Morgan fingerprint density at radius 2 is 1.89 bits per heavy atom. The van der Waals surface area contributed by atoms with Gasteiger partial charge in [0.1, 0.15) is 11.6 Å². The third-order valence-corrected chi connectivity index (χ3v) is 5.05. The summed E-state index contributed by atoms with van der Waals surface area (Å²) in [6.45, 7) is 6.87. The van der Waals surface area contributed by atoms with Crippen LogP contribution in [0, 0.1) is 5.41 Å². The van der Waals surface area contributed by atoms with E-state index < -0.39 is 0 Å². The Kier molecular flexibility index (Phi) is 4.49. The summed E-state index contributed by atoms with van der Waals surface area (Å²) in [5.41, 5.74) is 1.60. The van der Waals surface area contributed by atoms with Gasteiger partial charge in [-0.1, -0.05) is 20.8 Å². The maximum atomic E-state index is 4.77. The van der Waals surface area contributed by atoms with Crippen molar-refractivity contribution in [2.75, 3.05) is 12.4 Å². The molecule has 0 saturated heterocycles. The second kappa shape index (κ2) is 5.78. The molecule has 19 heavy (non-hydrogen) atoms. The van der Waals surface area contributed by atoms with Crippen LogP contribution in [0.1, 0.15) is 63.9 Å². The summed E-state index contributed by atoms with van der Waals surface area (Å²) in [4.78, 5) is 9.47. The van der Waals surface area contributed by atoms with E-state index in [1.807, 2.05) is 7.05 Å². The van der Waals surface area contributed by atoms with Crippen LogP contribution in [0.5, 0.6) is 0 Å². The van der Waals surface area contributed by atoms with Crippen molar-refractivity contribution in [2.45, 2.75) is 58.8 Å². The molecule has 1 heterocycles. The minimum Gasteiger partial charge on any atom is -0.372 e. The summed E-state index contributed by atoms with van der Waals surface area (Å²) in [5, 5.41) is 3.17. The van der Waals surface area contributed by atoms with Crippen LogP contribution < -0.4 is 5.32 Å². The second-order valence-corrected chi connectivity index (χ2v) is 7.03. The average Bonchev–Trinajstić information content (AvgIpc) is 2.39. The van der Waals surface area contributed by atoms with Crippen molar-refractivity contribution in [3.05, 3.63) is 16.0 Å². The predicted molar refractivity (Wildman–Crippen MR) is 83.6 cm³/mol. The molecule has 106 valence electrons. The van der Waals surface area contributed by atoms with Crippen molar-refractivity contribution in [2.24, 2.45) is 5.41 Å². The van der Waals surface area contributed by atoms with E-state index in [1.54, 1.807) is 0 Å². The van der Waals surface area contributed by atoms with Gasteiger partial charge in [-0.05, 0) is 53.4 Å². The van der Waals surface area contributed by atoms with Crippen LogP contribution in [0.15, 0.2) is 4.47 Å². The molecule has 0 aromatic carbocycles. The minimum atomic E-state index is 0.491. The smallest absolute Gasteiger partial charge is 0.144 e. The zero-order valence-corrected chi connectivity index (χ0v) is 14.0. The van der Waals surface area contributed by atoms with Crippen molar-refractivity contribution in [3.63, 3.8) is 0 Å². The van der Waals surface area contributed by atoms with E-state index in [4.69, 9.17) is 9.97 Å². The lowest BCUT2D eigenvalue weighted by atomic mass is 9.73. The van der Waals surface area contributed by atoms with Gasteiger partial charge in [0.05, 0.1) is 10.2 Å². The van der Waals surface area contributed by atoms with E-state index >= 15 is 0 Å². The molecule has 0 amide bonds. The Balaban J connectivity index is 2.25. The lowest BCUT2D eigenvalue weighted by molar-refractivity contribution is 0.220. The van der Waals surface area contributed by atoms with Crippen LogP contribution in [0.25, 0.3) is 0 Å². The summed E-state index contributed by atoms with van der Waals surface area (Å²) in [6.07, 6.45) is 5.89. The number of hydrogen-bond donors (Lipinski definition) is 1. The van der Waals surface area contributed by atoms with E-state index in [9.17, 15) is 0 Å². The summed E-state index contributed by atoms with van der Waals surface area (Å²) >= 11 is 3.59. The molecular weight excluding hydrogens is 302 g/mol. The average molecular weight is 326 g/mol. The molecule has 1 fully saturated rings. The van der Waals surface area contributed by atoms with Gasteiger partial charge in [0.15, 0.2) is 0 Å². The van der Waals surface area contributed by atoms with Gasteiger partial charge < -0.3 is 5.32 Å². The molecule has 1 aliphatic carbocycles. The number of rotatable bonds is 3. The van der Waals surface area contributed by atoms with Crippen molar-refractivity contribution < 1.29 is 0 Å². The fourth-order valence-electron chi connectivity index (χ4n) is 2.75. The van der Waals surface area contributed by atoms with Gasteiger partial charge in [-0.2, -0.15) is 0 Å². The molecule has 3 nitrogen and oxygen atoms in total. The first kappa shape index (κ1) is 14.8. The lowest BCUT2D eigenvalue weighted by Gasteiger charge is -2.33. The Morgan fingerprint density at radius 1 is 1.26 bits per heavy atom. The summed E-state index contributed by atoms with van der Waals surface area (Å²) in [6, 6.07) is 0. The van der Waals surface area contributed by atoms with E-state index in [1.165, 1.54) is 25.7 Å². The third-order valence-electron chi connectivity index (χ3n) is 4.21. The molecule has 1 saturated carbocycles. The molecule has 0 atom stereocenters. The van der Waals surface area contributed by atoms with Crippen LogP contribution in [-0.2, 0) is 6.42 Å². The van der Waals surface area contributed by atoms with E-state index in [2.05, 4.69) is 42.0 Å². The topological polar surface area (TPSA) is 37.8 Å². The summed E-state index contributed by atoms with van der Waals surface area (Å²) in [5.74, 6) is 2.48. The highest BCUT2D eigenvalue weighted by Crippen LogP contribution is 2.42. The van der Waals surface area contributed by atoms with Crippen LogP contribution in [0.3, 0.4) is 0 Å². The fourth-order valence-corrected chi connectivity index (χ4v) is 3.41. The number of nitrogens with zero attached hydrogens (tertiary/aromatic N) is 2. The highest BCUT2D eigenvalue weighted by Gasteiger charge is 2.29. The number of hydrogen-bond acceptors (Lipinski definition) is 3. The molecule has 4 heteroatoms. The first-order chi connectivity index (χ1) is 8.96. The molecule has 0 spiro atoms. The van der Waals surface area contributed by atoms with Crippen LogP contribution in [0.2, 0.25) is 0 Å². The molecule has 1 N–H and O–H groups in total. The second-order valence-electron chi connectivity index (χ2n) is 6.23. The van der Waals surface area contributed by atoms with Gasteiger partial charge >= 0.3 is 0 Å². The highest BCUT2D eigenvalue weighted by molar-refractivity contribution is 9.10. The summed E-state index contributed by atoms with van der Waals surface area (Å²) in [7, 11) is 1.92. The molecule has 0 bridgehead atoms. The van der Waals surface area contributed by atoms with Crippen molar-refractivity contribution >= 4 is 21.7 Å². The number of aromatic nitrogens is 2. The number of halogens is 1. The largest absolute Gasteiger partial charge is 0.372 e. The third kappa shape index (κ3) is 3.28. The lowest BCUT2D eigenvalue weighted by Crippen LogP contribution is -2.22. The van der Waals surface area contributed by atoms with Gasteiger partial charge in [-0.15, -0.1) is 0 Å². The Hall–Kier alpha value is -0.640. The molecule has 1 aromatic heterocycles. The van der Waals surface area contributed by atoms with Crippen molar-refractivity contribution in [3.8, 4) is 0 Å². The van der Waals surface area contributed by atoms with Crippen LogP contribution in [0.4, 0.5) is 5.82 Å². The monoisotopic (exact) mass is 325 g/mol. The molecular formula is C15H24BrN3. The van der Waals surface area contributed by atoms with Gasteiger partial charge in [-0.25, -0.2) is 9.97 Å². The summed E-state index contributed by atoms with van der Waals surface area (Å²) < 4.78 is 1.01. The fraction of sp³-hybridized carbons (Fsp3) is 0.733. The van der Waals surface area contributed by atoms with Gasteiger partial charge in [0, 0.05) is 13.0 Å². The molecule has 1 aliphatic rings. The minimum absolute atomic E-state index is 0.491. The maximum absolute atomic E-state index is 4.77. The number of anilines is 1. The van der Waals surface area contributed by atoms with Gasteiger partial charge in [0.2, 0.25) is 0 Å². The van der Waals surface area contributed by atoms with Crippen LogP contribution >= 0.6 is 15.9 Å². The van der Waals surface area contributed by atoms with Crippen LogP contribution in [-0.4, -0.2) is 17.0 Å². The van der Waals surface area contributed by atoms with Crippen molar-refractivity contribution in [1.82, 2.24) is 9.97 Å². The SMILES string of the molecule is CCc1nc(C2CCC(C)(C)CC2)nc(NC)c1Br. The van der Waals surface area contributed by atoms with E-state index in [0.29, 0.717) is 11.3 Å². The first-order valence-electron chi connectivity index (χ1n) is 7.21. The number of nitrogens with one attached hydrogen (secondary N) is 1. The zero-order valence-electron chi connectivity index (χ0n) is 12.4. The molecule has 2 rings (SSSR count). The maximum Gasteiger partial charge on any atom is 0.144 e. The first-order valence-corrected chi connectivity index (χ1v) is 8.00. The quantitative estimate of drug-likeness (QED) is 0.887. The normalized spacial score (nSPS) is 19.4. The predicted octanol–water partition coefficient (Wildman–Crippen LogP) is 4.53. The molecule has 0 aliphatic heterocycles. The standard InChI is InChI=1S/C15H24BrN3/c1-5-11-12(16)14(17-4)19-13(18-11)10-6-8-15(2,3)9-7-10/h10H,5-9H2,1-4H3,(H,17,18,19). The Labute approximate surface area is 124 Å². The van der Waals surface area contributed by atoms with Gasteiger partial charge in [-0.3, -0.25) is 0 Å². The Bertz CT molecular complexity index is 422. The number of aryl methyl sites for hydroxylation is 1. The molecule has 0 radical (unpaired) electrons. The zero-order chi connectivity index (χ0) is 14.0. The Morgan fingerprint density at radius 3 is 2.42 bits per heavy atom. The van der Waals surface area contributed by atoms with Gasteiger partial charge in [0.25, 0.3) is 0 Å². The molecule has 1 aromatic rings. The molecule has 0 unspecified atom stereocenters. The van der Waals surface area contributed by atoms with E-state index in [0.717, 1.165) is 28.2 Å². The van der Waals surface area contributed by atoms with Crippen molar-refractivity contribution in [1.29, 1.82) is 0 Å². The van der Waals surface area contributed by atoms with E-state index in [-0.39, 0.29) is 0 Å².